The largest absolute Gasteiger partial charge is 0.504 e. The van der Waals surface area contributed by atoms with Gasteiger partial charge in [0.2, 0.25) is 0 Å². The molecule has 0 unspecified atom stereocenters. The van der Waals surface area contributed by atoms with E-state index in [2.05, 4.69) is 4.74 Å². The van der Waals surface area contributed by atoms with Crippen LogP contribution in [0.4, 0.5) is 0 Å². The molecule has 0 atom stereocenters. The first kappa shape index (κ1) is 9.25. The fourth-order valence-electron chi connectivity index (χ4n) is 0.783. The van der Waals surface area contributed by atoms with E-state index in [9.17, 15) is 14.7 Å². The lowest BCUT2D eigenvalue weighted by Gasteiger charge is -1.98. The SMILES string of the molecule is CC(=O)Oc1ccc(=O)ccc1O. The Morgan fingerprint density at radius 3 is 2.54 bits per heavy atom. The molecule has 0 amide bonds. The molecule has 0 radical (unpaired) electrons. The van der Waals surface area contributed by atoms with Gasteiger partial charge in [-0.15, -0.1) is 0 Å². The lowest BCUT2D eigenvalue weighted by atomic mass is 10.4. The normalized spacial score (nSPS) is 9.31. The molecule has 0 bridgehead atoms. The number of rotatable bonds is 1. The molecule has 4 heteroatoms. The standard InChI is InChI=1S/C9H8O4/c1-6(10)13-9-5-3-7(11)2-4-8(9)12/h2-5,12H,1H3. The predicted octanol–water partition coefficient (Wildman–Crippen LogP) is 0.678. The Morgan fingerprint density at radius 1 is 1.31 bits per heavy atom. The third-order valence-corrected chi connectivity index (χ3v) is 1.31. The van der Waals surface area contributed by atoms with Gasteiger partial charge < -0.3 is 9.84 Å². The Morgan fingerprint density at radius 2 is 1.92 bits per heavy atom. The Kier molecular flexibility index (Phi) is 2.64. The minimum absolute atomic E-state index is 0.0189. The second kappa shape index (κ2) is 3.71. The van der Waals surface area contributed by atoms with Gasteiger partial charge in [-0.1, -0.05) is 0 Å². The van der Waals surface area contributed by atoms with Crippen LogP contribution in [0.1, 0.15) is 6.92 Å². The quantitative estimate of drug-likeness (QED) is 0.645. The van der Waals surface area contributed by atoms with Crippen molar-refractivity contribution < 1.29 is 14.6 Å². The molecular formula is C9H8O4. The van der Waals surface area contributed by atoms with Gasteiger partial charge in [0.05, 0.1) is 0 Å². The number of ether oxygens (including phenoxy) is 1. The summed E-state index contributed by atoms with van der Waals surface area (Å²) in [6.07, 6.45) is 0. The molecule has 1 aromatic carbocycles. The number of carbonyl (C=O) groups excluding carboxylic acids is 1. The van der Waals surface area contributed by atoms with E-state index in [1.54, 1.807) is 0 Å². The number of hydrogen-bond acceptors (Lipinski definition) is 4. The van der Waals surface area contributed by atoms with Crippen molar-refractivity contribution in [1.29, 1.82) is 0 Å². The van der Waals surface area contributed by atoms with E-state index in [1.807, 2.05) is 0 Å². The molecular weight excluding hydrogens is 172 g/mol. The molecule has 4 nitrogen and oxygen atoms in total. The molecule has 1 aromatic rings. The monoisotopic (exact) mass is 180 g/mol. The smallest absolute Gasteiger partial charge is 0.308 e. The van der Waals surface area contributed by atoms with Gasteiger partial charge in [0.15, 0.2) is 16.9 Å². The topological polar surface area (TPSA) is 63.6 Å². The third kappa shape index (κ3) is 2.59. The summed E-state index contributed by atoms with van der Waals surface area (Å²) in [6, 6.07) is 4.82. The van der Waals surface area contributed by atoms with Crippen LogP contribution in [-0.2, 0) is 4.79 Å². The minimum atomic E-state index is -0.547. The van der Waals surface area contributed by atoms with Crippen LogP contribution in [-0.4, -0.2) is 11.1 Å². The molecule has 0 saturated carbocycles. The summed E-state index contributed by atoms with van der Waals surface area (Å²) in [5, 5.41) is 9.23. The van der Waals surface area contributed by atoms with Gasteiger partial charge in [-0.25, -0.2) is 0 Å². The number of esters is 1. The third-order valence-electron chi connectivity index (χ3n) is 1.31. The van der Waals surface area contributed by atoms with E-state index in [1.165, 1.54) is 31.2 Å². The highest BCUT2D eigenvalue weighted by Crippen LogP contribution is 2.22. The summed E-state index contributed by atoms with van der Waals surface area (Å²) in [4.78, 5) is 21.3. The van der Waals surface area contributed by atoms with Crippen LogP contribution in [0.25, 0.3) is 0 Å². The van der Waals surface area contributed by atoms with Crippen molar-refractivity contribution in [3.05, 3.63) is 34.5 Å². The van der Waals surface area contributed by atoms with E-state index in [-0.39, 0.29) is 16.9 Å². The number of hydrogen-bond donors (Lipinski definition) is 1. The van der Waals surface area contributed by atoms with E-state index in [0.29, 0.717) is 0 Å². The zero-order chi connectivity index (χ0) is 9.84. The summed E-state index contributed by atoms with van der Waals surface area (Å²) in [5.41, 5.74) is -0.270. The summed E-state index contributed by atoms with van der Waals surface area (Å²) in [6.45, 7) is 1.21. The Balaban J connectivity index is 3.16. The maximum atomic E-state index is 10.8. The molecule has 68 valence electrons. The van der Waals surface area contributed by atoms with Crippen LogP contribution < -0.4 is 10.2 Å². The molecule has 0 fully saturated rings. The first-order valence-electron chi connectivity index (χ1n) is 3.61. The Hall–Kier alpha value is -1.84. The molecule has 0 aliphatic carbocycles. The Bertz CT molecular complexity index is 384. The molecule has 0 aliphatic rings. The number of aromatic hydroxyl groups is 1. The second-order valence-electron chi connectivity index (χ2n) is 2.41. The first-order valence-corrected chi connectivity index (χ1v) is 3.61. The van der Waals surface area contributed by atoms with Gasteiger partial charge in [-0.2, -0.15) is 0 Å². The van der Waals surface area contributed by atoms with E-state index >= 15 is 0 Å². The minimum Gasteiger partial charge on any atom is -0.504 e. The number of carbonyl (C=O) groups is 1. The molecule has 0 aromatic heterocycles. The second-order valence-corrected chi connectivity index (χ2v) is 2.41. The molecule has 13 heavy (non-hydrogen) atoms. The zero-order valence-electron chi connectivity index (χ0n) is 6.98. The Labute approximate surface area is 74.4 Å². The van der Waals surface area contributed by atoms with Crippen molar-refractivity contribution in [2.75, 3.05) is 0 Å². The van der Waals surface area contributed by atoms with Crippen LogP contribution in [0.3, 0.4) is 0 Å². The predicted molar refractivity (Wildman–Crippen MR) is 45.7 cm³/mol. The van der Waals surface area contributed by atoms with Gasteiger partial charge >= 0.3 is 5.97 Å². The van der Waals surface area contributed by atoms with Gasteiger partial charge in [-0.05, 0) is 24.3 Å². The van der Waals surface area contributed by atoms with E-state index in [0.717, 1.165) is 0 Å². The molecule has 0 aliphatic heterocycles. The average molecular weight is 180 g/mol. The van der Waals surface area contributed by atoms with Gasteiger partial charge in [0, 0.05) is 6.92 Å². The van der Waals surface area contributed by atoms with Crippen LogP contribution >= 0.6 is 0 Å². The molecule has 0 saturated heterocycles. The van der Waals surface area contributed by atoms with E-state index in [4.69, 9.17) is 0 Å². The molecule has 1 rings (SSSR count). The lowest BCUT2D eigenvalue weighted by molar-refractivity contribution is -0.132. The van der Waals surface area contributed by atoms with Crippen molar-refractivity contribution in [1.82, 2.24) is 0 Å². The van der Waals surface area contributed by atoms with Crippen LogP contribution in [0.2, 0.25) is 0 Å². The van der Waals surface area contributed by atoms with Crippen LogP contribution in [0.5, 0.6) is 11.5 Å². The maximum absolute atomic E-state index is 10.8. The van der Waals surface area contributed by atoms with E-state index < -0.39 is 5.97 Å². The van der Waals surface area contributed by atoms with Crippen molar-refractivity contribution in [2.24, 2.45) is 0 Å². The maximum Gasteiger partial charge on any atom is 0.308 e. The highest BCUT2D eigenvalue weighted by atomic mass is 16.5. The first-order chi connectivity index (χ1) is 6.09. The van der Waals surface area contributed by atoms with Gasteiger partial charge in [0.25, 0.3) is 0 Å². The highest BCUT2D eigenvalue weighted by Gasteiger charge is 2.02. The molecule has 0 heterocycles. The average Bonchev–Trinajstić information content (AvgIpc) is 2.19. The molecule has 0 spiro atoms. The van der Waals surface area contributed by atoms with Crippen LogP contribution in [0.15, 0.2) is 29.1 Å². The summed E-state index contributed by atoms with van der Waals surface area (Å²) < 4.78 is 4.63. The van der Waals surface area contributed by atoms with Crippen molar-refractivity contribution >= 4 is 5.97 Å². The molecule has 1 N–H and O–H groups in total. The fourth-order valence-corrected chi connectivity index (χ4v) is 0.783. The van der Waals surface area contributed by atoms with Gasteiger partial charge in [0.1, 0.15) is 0 Å². The van der Waals surface area contributed by atoms with Gasteiger partial charge in [-0.3, -0.25) is 9.59 Å². The highest BCUT2D eigenvalue weighted by molar-refractivity contribution is 5.70. The van der Waals surface area contributed by atoms with Crippen molar-refractivity contribution in [2.45, 2.75) is 6.92 Å². The fraction of sp³-hybridized carbons (Fsp3) is 0.111. The zero-order valence-corrected chi connectivity index (χ0v) is 6.98. The van der Waals surface area contributed by atoms with Crippen molar-refractivity contribution in [3.8, 4) is 11.5 Å². The van der Waals surface area contributed by atoms with Crippen LogP contribution in [0, 0.1) is 0 Å². The summed E-state index contributed by atoms with van der Waals surface area (Å²) in [7, 11) is 0. The lowest BCUT2D eigenvalue weighted by Crippen LogP contribution is -2.00. The summed E-state index contributed by atoms with van der Waals surface area (Å²) in [5.74, 6) is -0.805. The summed E-state index contributed by atoms with van der Waals surface area (Å²) >= 11 is 0. The van der Waals surface area contributed by atoms with Crippen molar-refractivity contribution in [3.63, 3.8) is 0 Å².